The second-order valence-corrected chi connectivity index (χ2v) is 7.68. The van der Waals surface area contributed by atoms with Gasteiger partial charge in [0.1, 0.15) is 11.5 Å². The second-order valence-electron chi connectivity index (χ2n) is 7.68. The Hall–Kier alpha value is -1.18. The van der Waals surface area contributed by atoms with Crippen LogP contribution in [0.25, 0.3) is 0 Å². The van der Waals surface area contributed by atoms with Crippen LogP contribution in [0.1, 0.15) is 96.5 Å². The molecule has 1 aromatic carbocycles. The molecule has 2 heteroatoms. The Morgan fingerprint density at radius 2 is 1.04 bits per heavy atom. The van der Waals surface area contributed by atoms with Gasteiger partial charge in [-0.2, -0.15) is 0 Å². The van der Waals surface area contributed by atoms with Gasteiger partial charge in [0.15, 0.2) is 0 Å². The topological polar surface area (TPSA) is 40.5 Å². The third-order valence-electron chi connectivity index (χ3n) is 4.71. The molecule has 0 heterocycles. The van der Waals surface area contributed by atoms with Crippen LogP contribution in [0.2, 0.25) is 0 Å². The van der Waals surface area contributed by atoms with Crippen molar-refractivity contribution in [1.82, 2.24) is 0 Å². The van der Waals surface area contributed by atoms with Crippen LogP contribution >= 0.6 is 0 Å². The molecule has 138 valence electrons. The van der Waals surface area contributed by atoms with Crippen LogP contribution in [0.5, 0.6) is 11.5 Å². The maximum Gasteiger partial charge on any atom is 0.119 e. The minimum absolute atomic E-state index is 0.161. The lowest BCUT2D eigenvalue weighted by Gasteiger charge is -2.05. The Kier molecular flexibility index (Phi) is 11.4. The highest BCUT2D eigenvalue weighted by atomic mass is 16.3. The molecule has 0 aromatic heterocycles. The minimum atomic E-state index is 0.161. The third-order valence-corrected chi connectivity index (χ3v) is 4.71. The van der Waals surface area contributed by atoms with Crippen LogP contribution in [0.3, 0.4) is 0 Å². The third kappa shape index (κ3) is 11.4. The number of hydrogen-bond donors (Lipinski definition) is 2. The van der Waals surface area contributed by atoms with Crippen LogP contribution in [0.15, 0.2) is 18.2 Å². The molecule has 2 N–H and O–H groups in total. The average Bonchev–Trinajstić information content (AvgIpc) is 2.50. The number of aryl methyl sites for hydroxylation is 1. The van der Waals surface area contributed by atoms with Crippen molar-refractivity contribution in [2.45, 2.75) is 97.3 Å². The van der Waals surface area contributed by atoms with Crippen molar-refractivity contribution in [1.29, 1.82) is 0 Å². The average molecular weight is 335 g/mol. The molecule has 1 aromatic rings. The number of unbranched alkanes of at least 4 members (excludes halogenated alkanes) is 10. The summed E-state index contributed by atoms with van der Waals surface area (Å²) in [6.07, 6.45) is 17.2. The summed E-state index contributed by atoms with van der Waals surface area (Å²) in [5.74, 6) is 1.19. The fourth-order valence-electron chi connectivity index (χ4n) is 3.27. The van der Waals surface area contributed by atoms with E-state index in [0.717, 1.165) is 24.3 Å². The highest BCUT2D eigenvalue weighted by Crippen LogP contribution is 2.22. The maximum absolute atomic E-state index is 9.45. The summed E-state index contributed by atoms with van der Waals surface area (Å²) < 4.78 is 0. The van der Waals surface area contributed by atoms with E-state index >= 15 is 0 Å². The van der Waals surface area contributed by atoms with Crippen LogP contribution in [-0.2, 0) is 6.42 Å². The van der Waals surface area contributed by atoms with Gasteiger partial charge in [-0.05, 0) is 36.5 Å². The van der Waals surface area contributed by atoms with Gasteiger partial charge in [0.25, 0.3) is 0 Å². The molecule has 0 unspecified atom stereocenters. The molecule has 0 atom stereocenters. The van der Waals surface area contributed by atoms with Crippen LogP contribution in [0, 0.1) is 5.92 Å². The van der Waals surface area contributed by atoms with Crippen molar-refractivity contribution in [3.8, 4) is 11.5 Å². The first-order chi connectivity index (χ1) is 11.6. The van der Waals surface area contributed by atoms with E-state index < -0.39 is 0 Å². The van der Waals surface area contributed by atoms with E-state index in [0.29, 0.717) is 0 Å². The van der Waals surface area contributed by atoms with Crippen LogP contribution in [-0.4, -0.2) is 10.2 Å². The van der Waals surface area contributed by atoms with E-state index in [2.05, 4.69) is 13.8 Å². The molecular formula is C22H38O2. The molecule has 0 radical (unpaired) electrons. The fourth-order valence-corrected chi connectivity index (χ4v) is 3.27. The quantitative estimate of drug-likeness (QED) is 0.360. The van der Waals surface area contributed by atoms with Gasteiger partial charge in [0.2, 0.25) is 0 Å². The van der Waals surface area contributed by atoms with Crippen LogP contribution in [0.4, 0.5) is 0 Å². The van der Waals surface area contributed by atoms with Gasteiger partial charge in [0.05, 0.1) is 0 Å². The molecule has 0 aliphatic rings. The molecule has 0 amide bonds. The molecule has 0 spiro atoms. The first kappa shape index (κ1) is 20.9. The molecule has 0 bridgehead atoms. The van der Waals surface area contributed by atoms with Crippen molar-refractivity contribution in [3.05, 3.63) is 23.8 Å². The summed E-state index contributed by atoms with van der Waals surface area (Å²) in [7, 11) is 0. The Bertz CT molecular complexity index is 406. The lowest BCUT2D eigenvalue weighted by molar-refractivity contribution is 0.449. The molecular weight excluding hydrogens is 296 g/mol. The normalized spacial score (nSPS) is 11.3. The molecule has 1 rings (SSSR count). The van der Waals surface area contributed by atoms with Gasteiger partial charge in [0, 0.05) is 6.07 Å². The largest absolute Gasteiger partial charge is 0.508 e. The summed E-state index contributed by atoms with van der Waals surface area (Å²) in [5.41, 5.74) is 1.03. The van der Waals surface area contributed by atoms with Gasteiger partial charge in [-0.1, -0.05) is 84.5 Å². The molecule has 0 aliphatic carbocycles. The van der Waals surface area contributed by atoms with E-state index in [4.69, 9.17) is 0 Å². The highest BCUT2D eigenvalue weighted by molar-refractivity contribution is 5.36. The number of phenols is 2. The molecule has 2 nitrogen and oxygen atoms in total. The first-order valence-corrected chi connectivity index (χ1v) is 10.1. The van der Waals surface area contributed by atoms with Crippen LogP contribution < -0.4 is 0 Å². The Morgan fingerprint density at radius 1 is 0.625 bits per heavy atom. The van der Waals surface area contributed by atoms with Gasteiger partial charge >= 0.3 is 0 Å². The predicted molar refractivity (Wildman–Crippen MR) is 104 cm³/mol. The van der Waals surface area contributed by atoms with Crippen molar-refractivity contribution >= 4 is 0 Å². The highest BCUT2D eigenvalue weighted by Gasteiger charge is 2.00. The van der Waals surface area contributed by atoms with Crippen molar-refractivity contribution in [3.63, 3.8) is 0 Å². The fraction of sp³-hybridized carbons (Fsp3) is 0.727. The van der Waals surface area contributed by atoms with Gasteiger partial charge in [-0.15, -0.1) is 0 Å². The van der Waals surface area contributed by atoms with E-state index in [-0.39, 0.29) is 11.5 Å². The second kappa shape index (κ2) is 13.1. The van der Waals surface area contributed by atoms with E-state index in [9.17, 15) is 10.2 Å². The zero-order chi connectivity index (χ0) is 17.6. The summed E-state index contributed by atoms with van der Waals surface area (Å²) in [6, 6.07) is 4.88. The number of rotatable bonds is 14. The monoisotopic (exact) mass is 334 g/mol. The zero-order valence-corrected chi connectivity index (χ0v) is 15.9. The van der Waals surface area contributed by atoms with Gasteiger partial charge < -0.3 is 10.2 Å². The van der Waals surface area contributed by atoms with Gasteiger partial charge in [-0.3, -0.25) is 0 Å². The molecule has 0 aliphatic heterocycles. The minimum Gasteiger partial charge on any atom is -0.508 e. The summed E-state index contributed by atoms with van der Waals surface area (Å²) in [4.78, 5) is 0. The number of phenolic OH excluding ortho intramolecular Hbond substituents is 2. The first-order valence-electron chi connectivity index (χ1n) is 10.1. The number of aromatic hydroxyl groups is 2. The van der Waals surface area contributed by atoms with E-state index in [1.165, 1.54) is 76.7 Å². The molecule has 0 saturated carbocycles. The van der Waals surface area contributed by atoms with E-state index in [1.807, 2.05) is 0 Å². The smallest absolute Gasteiger partial charge is 0.119 e. The lowest BCUT2D eigenvalue weighted by Crippen LogP contribution is -1.88. The van der Waals surface area contributed by atoms with Crippen molar-refractivity contribution in [2.75, 3.05) is 0 Å². The Labute approximate surface area is 149 Å². The summed E-state index contributed by atoms with van der Waals surface area (Å²) in [6.45, 7) is 4.63. The molecule has 24 heavy (non-hydrogen) atoms. The zero-order valence-electron chi connectivity index (χ0n) is 15.9. The maximum atomic E-state index is 9.45. The van der Waals surface area contributed by atoms with Crippen molar-refractivity contribution < 1.29 is 10.2 Å². The Balaban J connectivity index is 1.85. The number of benzene rings is 1. The summed E-state index contributed by atoms with van der Waals surface area (Å²) >= 11 is 0. The predicted octanol–water partition coefficient (Wildman–Crippen LogP) is 6.98. The number of hydrogen-bond acceptors (Lipinski definition) is 2. The van der Waals surface area contributed by atoms with E-state index in [1.54, 1.807) is 12.1 Å². The molecule has 0 saturated heterocycles. The summed E-state index contributed by atoms with van der Waals surface area (Å²) in [5, 5.41) is 18.9. The lowest BCUT2D eigenvalue weighted by atomic mass is 10.0. The standard InChI is InChI=1S/C22H38O2/c1-19(2)14-12-10-8-6-4-3-5-7-9-11-13-15-20-16-21(23)18-22(24)17-20/h16-19,23-24H,3-15H2,1-2H3. The Morgan fingerprint density at radius 3 is 1.50 bits per heavy atom. The SMILES string of the molecule is CC(C)CCCCCCCCCCCCCc1cc(O)cc(O)c1. The molecule has 0 fully saturated rings. The van der Waals surface area contributed by atoms with Crippen molar-refractivity contribution in [2.24, 2.45) is 5.92 Å². The van der Waals surface area contributed by atoms with Gasteiger partial charge in [-0.25, -0.2) is 0 Å².